The van der Waals surface area contributed by atoms with Crippen LogP contribution in [0, 0.1) is 0 Å². The van der Waals surface area contributed by atoms with Gasteiger partial charge in [-0.3, -0.25) is 4.98 Å². The van der Waals surface area contributed by atoms with Crippen molar-refractivity contribution >= 4 is 33.0 Å². The minimum atomic E-state index is 0.550. The number of rotatable bonds is 6. The maximum atomic E-state index is 5.96. The van der Waals surface area contributed by atoms with E-state index in [-0.39, 0.29) is 0 Å². The molecule has 21 heavy (non-hydrogen) atoms. The normalized spacial score (nSPS) is 10.2. The molecular weight excluding hydrogens is 334 g/mol. The van der Waals surface area contributed by atoms with E-state index in [1.54, 1.807) is 12.4 Å². The van der Waals surface area contributed by atoms with E-state index in [0.29, 0.717) is 18.9 Å². The molecule has 0 saturated heterocycles. The molecule has 0 bridgehead atoms. The van der Waals surface area contributed by atoms with E-state index >= 15 is 0 Å². The highest BCUT2D eigenvalue weighted by Crippen LogP contribution is 2.36. The van der Waals surface area contributed by atoms with Crippen molar-refractivity contribution in [3.05, 3.63) is 35.1 Å². The van der Waals surface area contributed by atoms with Crippen LogP contribution in [0.25, 0.3) is 0 Å². The smallest absolute Gasteiger partial charge is 0.142 e. The van der Waals surface area contributed by atoms with Crippen LogP contribution in [0.4, 0.5) is 17.1 Å². The zero-order valence-electron chi connectivity index (χ0n) is 12.0. The average Bonchev–Trinajstić information content (AvgIpc) is 2.46. The molecule has 2 aromatic rings. The van der Waals surface area contributed by atoms with Crippen molar-refractivity contribution in [2.75, 3.05) is 24.3 Å². The van der Waals surface area contributed by atoms with Crippen molar-refractivity contribution in [1.29, 1.82) is 0 Å². The average molecular weight is 352 g/mol. The molecule has 1 heterocycles. The summed E-state index contributed by atoms with van der Waals surface area (Å²) < 4.78 is 11.9. The number of nitrogen functional groups attached to an aromatic ring is 1. The summed E-state index contributed by atoms with van der Waals surface area (Å²) in [6.45, 7) is 5.07. The van der Waals surface area contributed by atoms with Gasteiger partial charge in [-0.1, -0.05) is 0 Å². The predicted octanol–water partition coefficient (Wildman–Crippen LogP) is 3.97. The Morgan fingerprint density at radius 3 is 2.62 bits per heavy atom. The predicted molar refractivity (Wildman–Crippen MR) is 88.4 cm³/mol. The Bertz CT molecular complexity index is 600. The number of hydrogen-bond donors (Lipinski definition) is 2. The summed E-state index contributed by atoms with van der Waals surface area (Å²) >= 11 is 3.44. The van der Waals surface area contributed by atoms with E-state index in [4.69, 9.17) is 15.2 Å². The lowest BCUT2D eigenvalue weighted by molar-refractivity contribution is 0.332. The fourth-order valence-electron chi connectivity index (χ4n) is 1.86. The van der Waals surface area contributed by atoms with Gasteiger partial charge in [-0.25, -0.2) is 0 Å². The van der Waals surface area contributed by atoms with Crippen molar-refractivity contribution in [1.82, 2.24) is 4.98 Å². The molecule has 0 amide bonds. The molecule has 0 aliphatic carbocycles. The van der Waals surface area contributed by atoms with Crippen LogP contribution in [0.5, 0.6) is 11.5 Å². The molecule has 1 aromatic heterocycles. The third-order valence-corrected chi connectivity index (χ3v) is 3.35. The lowest BCUT2D eigenvalue weighted by Gasteiger charge is -2.16. The first-order chi connectivity index (χ1) is 10.2. The standard InChI is InChI=1S/C15H18BrN3O2/c1-3-20-10-5-6-14(21-4-2)13(7-10)19-15-11(16)8-18-9-12(15)17/h5-9H,3-4,17H2,1-2H3,(H,18,19). The summed E-state index contributed by atoms with van der Waals surface area (Å²) in [5.41, 5.74) is 8.06. The van der Waals surface area contributed by atoms with Crippen LogP contribution in [-0.4, -0.2) is 18.2 Å². The monoisotopic (exact) mass is 351 g/mol. The van der Waals surface area contributed by atoms with E-state index in [0.717, 1.165) is 27.3 Å². The highest BCUT2D eigenvalue weighted by atomic mass is 79.9. The molecule has 2 rings (SSSR count). The van der Waals surface area contributed by atoms with E-state index < -0.39 is 0 Å². The molecule has 0 unspecified atom stereocenters. The van der Waals surface area contributed by atoms with Crippen LogP contribution < -0.4 is 20.5 Å². The SMILES string of the molecule is CCOc1ccc(OCC)c(Nc2c(N)cncc2Br)c1. The lowest BCUT2D eigenvalue weighted by atomic mass is 10.2. The fourth-order valence-corrected chi connectivity index (χ4v) is 2.31. The highest BCUT2D eigenvalue weighted by Gasteiger charge is 2.10. The van der Waals surface area contributed by atoms with Crippen molar-refractivity contribution in [2.45, 2.75) is 13.8 Å². The number of anilines is 3. The number of aromatic nitrogens is 1. The van der Waals surface area contributed by atoms with Crippen LogP contribution in [0.1, 0.15) is 13.8 Å². The number of nitrogens with zero attached hydrogens (tertiary/aromatic N) is 1. The third-order valence-electron chi connectivity index (χ3n) is 2.75. The maximum absolute atomic E-state index is 5.96. The molecule has 0 saturated carbocycles. The Balaban J connectivity index is 2.38. The molecule has 1 aromatic carbocycles. The minimum Gasteiger partial charge on any atom is -0.494 e. The Kier molecular flexibility index (Phi) is 5.27. The number of halogens is 1. The Labute approximate surface area is 132 Å². The van der Waals surface area contributed by atoms with Gasteiger partial charge in [-0.2, -0.15) is 0 Å². The maximum Gasteiger partial charge on any atom is 0.142 e. The Morgan fingerprint density at radius 1 is 1.19 bits per heavy atom. The van der Waals surface area contributed by atoms with Gasteiger partial charge in [0.15, 0.2) is 0 Å². The van der Waals surface area contributed by atoms with E-state index in [2.05, 4.69) is 26.2 Å². The number of nitrogens with one attached hydrogen (secondary N) is 1. The molecular formula is C15H18BrN3O2. The second kappa shape index (κ2) is 7.17. The van der Waals surface area contributed by atoms with Crippen LogP contribution >= 0.6 is 15.9 Å². The first kappa shape index (κ1) is 15.4. The first-order valence-corrected chi connectivity index (χ1v) is 7.50. The summed E-state index contributed by atoms with van der Waals surface area (Å²) in [6, 6.07) is 5.65. The molecule has 0 fully saturated rings. The van der Waals surface area contributed by atoms with Crippen LogP contribution in [0.2, 0.25) is 0 Å². The minimum absolute atomic E-state index is 0.550. The number of ether oxygens (including phenoxy) is 2. The van der Waals surface area contributed by atoms with Crippen molar-refractivity contribution < 1.29 is 9.47 Å². The van der Waals surface area contributed by atoms with Crippen molar-refractivity contribution in [3.63, 3.8) is 0 Å². The van der Waals surface area contributed by atoms with Gasteiger partial charge < -0.3 is 20.5 Å². The number of nitrogens with two attached hydrogens (primary N) is 1. The van der Waals surface area contributed by atoms with Gasteiger partial charge in [0.2, 0.25) is 0 Å². The Morgan fingerprint density at radius 2 is 1.95 bits per heavy atom. The summed E-state index contributed by atoms with van der Waals surface area (Å²) in [5.74, 6) is 1.51. The molecule has 0 aliphatic heterocycles. The Hall–Kier alpha value is -1.95. The van der Waals surface area contributed by atoms with Gasteiger partial charge >= 0.3 is 0 Å². The molecule has 0 radical (unpaired) electrons. The van der Waals surface area contributed by atoms with E-state index in [1.165, 1.54) is 0 Å². The molecule has 0 aliphatic rings. The topological polar surface area (TPSA) is 69.4 Å². The van der Waals surface area contributed by atoms with Crippen molar-refractivity contribution in [2.24, 2.45) is 0 Å². The van der Waals surface area contributed by atoms with Crippen LogP contribution in [0.15, 0.2) is 35.1 Å². The first-order valence-electron chi connectivity index (χ1n) is 6.71. The largest absolute Gasteiger partial charge is 0.494 e. The molecule has 6 heteroatoms. The van der Waals surface area contributed by atoms with Gasteiger partial charge in [-0.15, -0.1) is 0 Å². The van der Waals surface area contributed by atoms with Gasteiger partial charge in [-0.05, 0) is 41.9 Å². The zero-order chi connectivity index (χ0) is 15.2. The fraction of sp³-hybridized carbons (Fsp3) is 0.267. The van der Waals surface area contributed by atoms with Crippen molar-refractivity contribution in [3.8, 4) is 11.5 Å². The molecule has 5 nitrogen and oxygen atoms in total. The summed E-state index contributed by atoms with van der Waals surface area (Å²) in [4.78, 5) is 4.02. The molecule has 0 atom stereocenters. The zero-order valence-corrected chi connectivity index (χ0v) is 13.6. The lowest BCUT2D eigenvalue weighted by Crippen LogP contribution is -2.02. The van der Waals surface area contributed by atoms with Gasteiger partial charge in [0.25, 0.3) is 0 Å². The number of benzene rings is 1. The molecule has 0 spiro atoms. The van der Waals surface area contributed by atoms with Gasteiger partial charge in [0.05, 0.1) is 40.9 Å². The quantitative estimate of drug-likeness (QED) is 0.823. The van der Waals surface area contributed by atoms with Gasteiger partial charge in [0.1, 0.15) is 11.5 Å². The number of hydrogen-bond acceptors (Lipinski definition) is 5. The third kappa shape index (κ3) is 3.78. The van der Waals surface area contributed by atoms with Gasteiger partial charge in [0, 0.05) is 12.3 Å². The van der Waals surface area contributed by atoms with Crippen LogP contribution in [0.3, 0.4) is 0 Å². The summed E-state index contributed by atoms with van der Waals surface area (Å²) in [6.07, 6.45) is 3.28. The van der Waals surface area contributed by atoms with E-state index in [1.807, 2.05) is 32.0 Å². The second-order valence-electron chi connectivity index (χ2n) is 4.23. The van der Waals surface area contributed by atoms with E-state index in [9.17, 15) is 0 Å². The molecule has 112 valence electrons. The second-order valence-corrected chi connectivity index (χ2v) is 5.09. The number of pyridine rings is 1. The van der Waals surface area contributed by atoms with Crippen LogP contribution in [-0.2, 0) is 0 Å². The highest BCUT2D eigenvalue weighted by molar-refractivity contribution is 9.10. The summed E-state index contributed by atoms with van der Waals surface area (Å²) in [5, 5.41) is 3.28. The summed E-state index contributed by atoms with van der Waals surface area (Å²) in [7, 11) is 0. The molecule has 3 N–H and O–H groups in total.